The molecule has 0 fully saturated rings. The summed E-state index contributed by atoms with van der Waals surface area (Å²) in [7, 11) is 0. The summed E-state index contributed by atoms with van der Waals surface area (Å²) in [6.07, 6.45) is 2.70. The van der Waals surface area contributed by atoms with Crippen LogP contribution in [0.5, 0.6) is 0 Å². The number of fused-ring (bicyclic) bond motifs is 1. The van der Waals surface area contributed by atoms with Crippen molar-refractivity contribution in [2.24, 2.45) is 5.92 Å². The number of carbonyl (C=O) groups excluding carboxylic acids is 1. The number of hydrogen-bond donors (Lipinski definition) is 1. The highest BCUT2D eigenvalue weighted by Crippen LogP contribution is 2.31. The maximum atomic E-state index is 12.5. The molecule has 1 atom stereocenters. The van der Waals surface area contributed by atoms with Crippen LogP contribution in [-0.4, -0.2) is 10.9 Å². The summed E-state index contributed by atoms with van der Waals surface area (Å²) in [6.45, 7) is 6.04. The third-order valence-electron chi connectivity index (χ3n) is 4.07. The number of rotatable bonds is 4. The lowest BCUT2D eigenvalue weighted by atomic mass is 10.1. The molecule has 4 heteroatoms. The van der Waals surface area contributed by atoms with Gasteiger partial charge in [-0.05, 0) is 36.8 Å². The largest absolute Gasteiger partial charge is 0.435 e. The summed E-state index contributed by atoms with van der Waals surface area (Å²) in [5, 5.41) is 3.09. The van der Waals surface area contributed by atoms with Gasteiger partial charge in [0, 0.05) is 6.42 Å². The van der Waals surface area contributed by atoms with Gasteiger partial charge in [0.05, 0.1) is 11.7 Å². The predicted octanol–water partition coefficient (Wildman–Crippen LogP) is 3.60. The number of carbonyl (C=O) groups is 1. The van der Waals surface area contributed by atoms with Crippen LogP contribution in [0, 0.1) is 12.8 Å². The Labute approximate surface area is 130 Å². The molecule has 0 saturated heterocycles. The van der Waals surface area contributed by atoms with E-state index < -0.39 is 0 Å². The van der Waals surface area contributed by atoms with Crippen LogP contribution in [0.4, 0.5) is 0 Å². The van der Waals surface area contributed by atoms with Gasteiger partial charge in [-0.3, -0.25) is 4.79 Å². The molecule has 0 unspecified atom stereocenters. The Balaban J connectivity index is 1.74. The van der Waals surface area contributed by atoms with Crippen molar-refractivity contribution in [2.45, 2.75) is 46.1 Å². The zero-order valence-electron chi connectivity index (χ0n) is 13.3. The lowest BCUT2D eigenvalue weighted by molar-refractivity contribution is 0.0905. The highest BCUT2D eigenvalue weighted by atomic mass is 16.4. The van der Waals surface area contributed by atoms with Gasteiger partial charge in [0.15, 0.2) is 5.89 Å². The molecule has 1 aliphatic rings. The second kappa shape index (κ2) is 5.95. The molecular weight excluding hydrogens is 276 g/mol. The summed E-state index contributed by atoms with van der Waals surface area (Å²) in [5.74, 6) is 1.28. The first-order valence-electron chi connectivity index (χ1n) is 7.89. The van der Waals surface area contributed by atoms with Crippen molar-refractivity contribution >= 4 is 5.91 Å². The van der Waals surface area contributed by atoms with Gasteiger partial charge in [0.25, 0.3) is 5.91 Å². The number of hydrogen-bond acceptors (Lipinski definition) is 3. The monoisotopic (exact) mass is 298 g/mol. The van der Waals surface area contributed by atoms with Crippen LogP contribution < -0.4 is 5.32 Å². The summed E-state index contributed by atoms with van der Waals surface area (Å²) in [4.78, 5) is 16.8. The van der Waals surface area contributed by atoms with Crippen molar-refractivity contribution in [3.63, 3.8) is 0 Å². The van der Waals surface area contributed by atoms with Gasteiger partial charge in [-0.1, -0.05) is 38.1 Å². The van der Waals surface area contributed by atoms with Crippen molar-refractivity contribution in [1.82, 2.24) is 10.3 Å². The number of aryl methyl sites for hydroxylation is 2. The topological polar surface area (TPSA) is 55.1 Å². The average Bonchev–Trinajstić information content (AvgIpc) is 3.02. The third kappa shape index (κ3) is 2.91. The summed E-state index contributed by atoms with van der Waals surface area (Å²) >= 11 is 0. The first-order chi connectivity index (χ1) is 10.5. The van der Waals surface area contributed by atoms with Crippen molar-refractivity contribution in [3.05, 3.63) is 52.7 Å². The van der Waals surface area contributed by atoms with Crippen LogP contribution in [0.1, 0.15) is 59.6 Å². The molecule has 4 nitrogen and oxygen atoms in total. The fraction of sp³-hybridized carbons (Fsp3) is 0.444. The zero-order chi connectivity index (χ0) is 15.7. The SMILES string of the molecule is Cc1nc(CC(C)C)oc1C(=O)N[C@@H]1CCc2ccccc21. The Bertz CT molecular complexity index is 688. The molecule has 0 saturated carbocycles. The predicted molar refractivity (Wildman–Crippen MR) is 84.8 cm³/mol. The molecule has 0 aliphatic heterocycles. The zero-order valence-corrected chi connectivity index (χ0v) is 13.3. The lowest BCUT2D eigenvalue weighted by Gasteiger charge is -2.13. The van der Waals surface area contributed by atoms with Crippen LogP contribution in [0.3, 0.4) is 0 Å². The molecule has 116 valence electrons. The number of benzene rings is 1. The van der Waals surface area contributed by atoms with Crippen LogP contribution in [0.15, 0.2) is 28.7 Å². The molecular formula is C18H22N2O2. The molecule has 1 aliphatic carbocycles. The van der Waals surface area contributed by atoms with Crippen LogP contribution in [0.2, 0.25) is 0 Å². The Morgan fingerprint density at radius 3 is 2.95 bits per heavy atom. The average molecular weight is 298 g/mol. The minimum Gasteiger partial charge on any atom is -0.435 e. The van der Waals surface area contributed by atoms with E-state index in [0.717, 1.165) is 19.3 Å². The number of amides is 1. The molecule has 0 spiro atoms. The minimum atomic E-state index is -0.165. The molecule has 0 bridgehead atoms. The quantitative estimate of drug-likeness (QED) is 0.938. The molecule has 1 aromatic heterocycles. The van der Waals surface area contributed by atoms with Gasteiger partial charge >= 0.3 is 0 Å². The standard InChI is InChI=1S/C18H22N2O2/c1-11(2)10-16-19-12(3)17(22-16)18(21)20-15-9-8-13-6-4-5-7-14(13)15/h4-7,11,15H,8-10H2,1-3H3,(H,20,21)/t15-/m1/s1. The number of aromatic nitrogens is 1. The fourth-order valence-electron chi connectivity index (χ4n) is 3.03. The molecule has 3 rings (SSSR count). The molecule has 0 radical (unpaired) electrons. The van der Waals surface area contributed by atoms with E-state index in [9.17, 15) is 4.79 Å². The Morgan fingerprint density at radius 2 is 2.18 bits per heavy atom. The van der Waals surface area contributed by atoms with Gasteiger partial charge in [0.1, 0.15) is 0 Å². The summed E-state index contributed by atoms with van der Waals surface area (Å²) in [5.41, 5.74) is 3.21. The van der Waals surface area contributed by atoms with Crippen molar-refractivity contribution in [2.75, 3.05) is 0 Å². The van der Waals surface area contributed by atoms with E-state index in [1.807, 2.05) is 19.1 Å². The van der Waals surface area contributed by atoms with Gasteiger partial charge in [-0.2, -0.15) is 0 Å². The van der Waals surface area contributed by atoms with Crippen LogP contribution in [-0.2, 0) is 12.8 Å². The molecule has 1 heterocycles. The second-order valence-corrected chi connectivity index (χ2v) is 6.38. The summed E-state index contributed by atoms with van der Waals surface area (Å²) in [6, 6.07) is 8.35. The molecule has 1 amide bonds. The van der Waals surface area contributed by atoms with Crippen molar-refractivity contribution < 1.29 is 9.21 Å². The Morgan fingerprint density at radius 1 is 1.41 bits per heavy atom. The van der Waals surface area contributed by atoms with E-state index in [1.165, 1.54) is 11.1 Å². The first-order valence-corrected chi connectivity index (χ1v) is 7.89. The maximum Gasteiger partial charge on any atom is 0.289 e. The Kier molecular flexibility index (Phi) is 4.01. The van der Waals surface area contributed by atoms with Crippen molar-refractivity contribution in [3.8, 4) is 0 Å². The van der Waals surface area contributed by atoms with Crippen LogP contribution >= 0.6 is 0 Å². The van der Waals surface area contributed by atoms with Gasteiger partial charge in [-0.25, -0.2) is 4.98 Å². The first kappa shape index (κ1) is 14.8. The highest BCUT2D eigenvalue weighted by molar-refractivity contribution is 5.92. The van der Waals surface area contributed by atoms with E-state index in [0.29, 0.717) is 23.3 Å². The number of oxazole rings is 1. The van der Waals surface area contributed by atoms with Crippen molar-refractivity contribution in [1.29, 1.82) is 0 Å². The molecule has 1 aromatic carbocycles. The molecule has 1 N–H and O–H groups in total. The summed E-state index contributed by atoms with van der Waals surface area (Å²) < 4.78 is 5.66. The number of nitrogens with zero attached hydrogens (tertiary/aromatic N) is 1. The van der Waals surface area contributed by atoms with E-state index in [2.05, 4.69) is 36.3 Å². The highest BCUT2D eigenvalue weighted by Gasteiger charge is 2.26. The van der Waals surface area contributed by atoms with Gasteiger partial charge in [0.2, 0.25) is 5.76 Å². The van der Waals surface area contributed by atoms with Gasteiger partial charge in [-0.15, -0.1) is 0 Å². The number of nitrogens with one attached hydrogen (secondary N) is 1. The lowest BCUT2D eigenvalue weighted by Crippen LogP contribution is -2.27. The molecule has 2 aromatic rings. The maximum absolute atomic E-state index is 12.5. The van der Waals surface area contributed by atoms with E-state index in [-0.39, 0.29) is 11.9 Å². The van der Waals surface area contributed by atoms with Crippen LogP contribution in [0.25, 0.3) is 0 Å². The molecule has 22 heavy (non-hydrogen) atoms. The van der Waals surface area contributed by atoms with E-state index in [1.54, 1.807) is 0 Å². The fourth-order valence-corrected chi connectivity index (χ4v) is 3.03. The normalized spacial score (nSPS) is 16.8. The Hall–Kier alpha value is -2.10. The minimum absolute atomic E-state index is 0.0711. The van der Waals surface area contributed by atoms with Gasteiger partial charge < -0.3 is 9.73 Å². The van der Waals surface area contributed by atoms with E-state index >= 15 is 0 Å². The smallest absolute Gasteiger partial charge is 0.289 e. The second-order valence-electron chi connectivity index (χ2n) is 6.38. The van der Waals surface area contributed by atoms with E-state index in [4.69, 9.17) is 4.42 Å². The third-order valence-corrected chi connectivity index (χ3v) is 4.07.